The average molecular weight is 380 g/mol. The molecule has 150 valence electrons. The van der Waals surface area contributed by atoms with Gasteiger partial charge in [-0.05, 0) is 52.3 Å². The van der Waals surface area contributed by atoms with E-state index in [1.165, 1.54) is 25.3 Å². The lowest BCUT2D eigenvalue weighted by Gasteiger charge is -2.29. The molecule has 0 saturated heterocycles. The summed E-state index contributed by atoms with van der Waals surface area (Å²) >= 11 is 0. The van der Waals surface area contributed by atoms with Crippen molar-refractivity contribution in [2.45, 2.75) is 59.7 Å². The van der Waals surface area contributed by atoms with Crippen molar-refractivity contribution < 1.29 is 33.7 Å². The quantitative estimate of drug-likeness (QED) is 0.399. The molecular formula is C20H28O7. The summed E-state index contributed by atoms with van der Waals surface area (Å²) in [5.74, 6) is -2.74. The first-order valence-electron chi connectivity index (χ1n) is 8.94. The van der Waals surface area contributed by atoms with E-state index in [9.17, 15) is 19.5 Å². The largest absolute Gasteiger partial charge is 0.504 e. The van der Waals surface area contributed by atoms with Gasteiger partial charge in [0, 0.05) is 5.56 Å². The Bertz CT molecular complexity index is 670. The number of hydrogen-bond donors (Lipinski definition) is 1. The highest BCUT2D eigenvalue weighted by Crippen LogP contribution is 2.36. The minimum absolute atomic E-state index is 0.0412. The molecule has 0 aromatic heterocycles. The molecule has 0 saturated carbocycles. The van der Waals surface area contributed by atoms with Crippen LogP contribution in [0.3, 0.4) is 0 Å². The minimum Gasteiger partial charge on any atom is -0.504 e. The number of carbonyl (C=O) groups excluding carboxylic acids is 3. The molecule has 0 spiro atoms. The van der Waals surface area contributed by atoms with Crippen LogP contribution in [0.1, 0.15) is 57.8 Å². The van der Waals surface area contributed by atoms with Crippen LogP contribution in [0, 0.1) is 5.41 Å². The SMILES string of the molecule is CCCC(C(=O)OC(C)C)(C(=O)OC(C)C)C(=O)c1ccc(O)c(OC)c1. The molecule has 1 N–H and O–H groups in total. The number of benzene rings is 1. The predicted octanol–water partition coefficient (Wildman–Crippen LogP) is 3.27. The first-order valence-corrected chi connectivity index (χ1v) is 8.94. The molecule has 7 nitrogen and oxygen atoms in total. The van der Waals surface area contributed by atoms with Crippen LogP contribution in [-0.4, -0.2) is 42.1 Å². The molecule has 1 aromatic rings. The lowest BCUT2D eigenvalue weighted by atomic mass is 9.76. The van der Waals surface area contributed by atoms with E-state index in [-0.39, 0.29) is 23.5 Å². The number of phenolic OH excluding ortho intramolecular Hbond substituents is 1. The maximum atomic E-state index is 13.3. The number of rotatable bonds is 9. The molecule has 27 heavy (non-hydrogen) atoms. The Morgan fingerprint density at radius 2 is 1.56 bits per heavy atom. The van der Waals surface area contributed by atoms with Crippen LogP contribution >= 0.6 is 0 Å². The van der Waals surface area contributed by atoms with Gasteiger partial charge in [0.2, 0.25) is 5.41 Å². The summed E-state index contributed by atoms with van der Waals surface area (Å²) in [6.07, 6.45) is -0.710. The first-order chi connectivity index (χ1) is 12.6. The highest BCUT2D eigenvalue weighted by atomic mass is 16.6. The number of esters is 2. The van der Waals surface area contributed by atoms with E-state index in [0.717, 1.165) is 0 Å². The molecule has 0 atom stereocenters. The summed E-state index contributed by atoms with van der Waals surface area (Å²) in [6.45, 7) is 8.30. The summed E-state index contributed by atoms with van der Waals surface area (Å²) in [7, 11) is 1.34. The molecular weight excluding hydrogens is 352 g/mol. The summed E-state index contributed by atoms with van der Waals surface area (Å²) < 4.78 is 15.5. The topological polar surface area (TPSA) is 99.1 Å². The number of ether oxygens (including phenoxy) is 3. The molecule has 0 fully saturated rings. The van der Waals surface area contributed by atoms with E-state index in [0.29, 0.717) is 6.42 Å². The minimum atomic E-state index is -2.12. The van der Waals surface area contributed by atoms with Gasteiger partial charge in [0.05, 0.1) is 19.3 Å². The number of hydrogen-bond acceptors (Lipinski definition) is 7. The highest BCUT2D eigenvalue weighted by molar-refractivity contribution is 6.25. The fourth-order valence-electron chi connectivity index (χ4n) is 2.66. The van der Waals surface area contributed by atoms with Crippen LogP contribution in [0.4, 0.5) is 0 Å². The van der Waals surface area contributed by atoms with Gasteiger partial charge in [0.1, 0.15) is 0 Å². The average Bonchev–Trinajstić information content (AvgIpc) is 2.58. The number of carbonyl (C=O) groups is 3. The van der Waals surface area contributed by atoms with E-state index in [1.807, 2.05) is 0 Å². The summed E-state index contributed by atoms with van der Waals surface area (Å²) in [4.78, 5) is 39.1. The van der Waals surface area contributed by atoms with Crippen LogP contribution in [0.5, 0.6) is 11.5 Å². The van der Waals surface area contributed by atoms with Gasteiger partial charge in [-0.2, -0.15) is 0 Å². The summed E-state index contributed by atoms with van der Waals surface area (Å²) in [5, 5.41) is 9.76. The van der Waals surface area contributed by atoms with E-state index in [2.05, 4.69) is 0 Å². The van der Waals surface area contributed by atoms with Crippen molar-refractivity contribution >= 4 is 17.7 Å². The maximum Gasteiger partial charge on any atom is 0.331 e. The first kappa shape index (κ1) is 22.5. The van der Waals surface area contributed by atoms with Crippen molar-refractivity contribution in [2.75, 3.05) is 7.11 Å². The standard InChI is InChI=1S/C20H28O7/c1-7-10-20(18(23)26-12(2)3,19(24)27-13(4)5)17(22)14-8-9-15(21)16(11-14)25-6/h8-9,11-13,21H,7,10H2,1-6H3. The lowest BCUT2D eigenvalue weighted by Crippen LogP contribution is -2.49. The highest BCUT2D eigenvalue weighted by Gasteiger charge is 2.55. The summed E-state index contributed by atoms with van der Waals surface area (Å²) in [6, 6.07) is 3.88. The number of ketones is 1. The molecule has 0 radical (unpaired) electrons. The lowest BCUT2D eigenvalue weighted by molar-refractivity contribution is -0.173. The Morgan fingerprint density at radius 1 is 1.04 bits per heavy atom. The second kappa shape index (κ2) is 9.39. The van der Waals surface area contributed by atoms with Gasteiger partial charge in [-0.3, -0.25) is 14.4 Å². The third-order valence-electron chi connectivity index (χ3n) is 3.84. The van der Waals surface area contributed by atoms with Gasteiger partial charge in [0.15, 0.2) is 17.3 Å². The smallest absolute Gasteiger partial charge is 0.331 e. The van der Waals surface area contributed by atoms with Gasteiger partial charge < -0.3 is 19.3 Å². The van der Waals surface area contributed by atoms with E-state index < -0.39 is 35.3 Å². The maximum absolute atomic E-state index is 13.3. The van der Waals surface area contributed by atoms with E-state index >= 15 is 0 Å². The van der Waals surface area contributed by atoms with Crippen molar-refractivity contribution in [1.82, 2.24) is 0 Å². The molecule has 0 aliphatic rings. The van der Waals surface area contributed by atoms with E-state index in [1.54, 1.807) is 34.6 Å². The van der Waals surface area contributed by atoms with Crippen LogP contribution in [0.25, 0.3) is 0 Å². The van der Waals surface area contributed by atoms with E-state index in [4.69, 9.17) is 14.2 Å². The normalized spacial score (nSPS) is 11.4. The zero-order chi connectivity index (χ0) is 20.8. The Morgan fingerprint density at radius 3 is 1.96 bits per heavy atom. The number of Topliss-reactive ketones (excluding diaryl/α,β-unsaturated/α-hetero) is 1. The van der Waals surface area contributed by atoms with Crippen molar-refractivity contribution in [3.63, 3.8) is 0 Å². The molecule has 0 unspecified atom stereocenters. The number of methoxy groups -OCH3 is 1. The van der Waals surface area contributed by atoms with Crippen LogP contribution in [-0.2, 0) is 19.1 Å². The Balaban J connectivity index is 3.55. The van der Waals surface area contributed by atoms with Crippen molar-refractivity contribution in [3.8, 4) is 11.5 Å². The zero-order valence-corrected chi connectivity index (χ0v) is 16.7. The molecule has 0 amide bonds. The van der Waals surface area contributed by atoms with Crippen LogP contribution in [0.2, 0.25) is 0 Å². The Labute approximate surface area is 159 Å². The molecule has 0 aliphatic carbocycles. The molecule has 0 heterocycles. The van der Waals surface area contributed by atoms with Crippen molar-refractivity contribution in [1.29, 1.82) is 0 Å². The second-order valence-corrected chi connectivity index (χ2v) is 6.78. The molecule has 0 bridgehead atoms. The van der Waals surface area contributed by atoms with Crippen molar-refractivity contribution in [2.24, 2.45) is 5.41 Å². The molecule has 7 heteroatoms. The third-order valence-corrected chi connectivity index (χ3v) is 3.84. The molecule has 0 aliphatic heterocycles. The zero-order valence-electron chi connectivity index (χ0n) is 16.7. The Hall–Kier alpha value is -2.57. The van der Waals surface area contributed by atoms with Gasteiger partial charge in [-0.1, -0.05) is 13.3 Å². The fourth-order valence-corrected chi connectivity index (χ4v) is 2.66. The Kier molecular flexibility index (Phi) is 7.82. The van der Waals surface area contributed by atoms with Gasteiger partial charge in [0.25, 0.3) is 0 Å². The fraction of sp³-hybridized carbons (Fsp3) is 0.550. The number of aromatic hydroxyl groups is 1. The predicted molar refractivity (Wildman–Crippen MR) is 98.8 cm³/mol. The van der Waals surface area contributed by atoms with Gasteiger partial charge in [-0.25, -0.2) is 0 Å². The van der Waals surface area contributed by atoms with Crippen LogP contribution < -0.4 is 4.74 Å². The number of phenols is 1. The third kappa shape index (κ3) is 4.99. The monoisotopic (exact) mass is 380 g/mol. The second-order valence-electron chi connectivity index (χ2n) is 6.78. The van der Waals surface area contributed by atoms with Crippen LogP contribution in [0.15, 0.2) is 18.2 Å². The van der Waals surface area contributed by atoms with Gasteiger partial charge in [-0.15, -0.1) is 0 Å². The summed E-state index contributed by atoms with van der Waals surface area (Å²) in [5.41, 5.74) is -2.08. The van der Waals surface area contributed by atoms with Gasteiger partial charge >= 0.3 is 11.9 Å². The van der Waals surface area contributed by atoms with Crippen molar-refractivity contribution in [3.05, 3.63) is 23.8 Å². The molecule has 1 aromatic carbocycles. The molecule has 1 rings (SSSR count).